The third kappa shape index (κ3) is 6.76. The normalized spacial score (nSPS) is 11.8. The monoisotopic (exact) mass is 448 g/mol. The summed E-state index contributed by atoms with van der Waals surface area (Å²) in [6, 6.07) is 18.2. The highest BCUT2D eigenvalue weighted by molar-refractivity contribution is 5.81. The van der Waals surface area contributed by atoms with Gasteiger partial charge in [-0.15, -0.1) is 0 Å². The molecule has 1 aromatic heterocycles. The van der Waals surface area contributed by atoms with Gasteiger partial charge in [0.1, 0.15) is 17.4 Å². The van der Waals surface area contributed by atoms with Crippen LogP contribution in [-0.2, 0) is 17.6 Å². The van der Waals surface area contributed by atoms with Gasteiger partial charge >= 0.3 is 6.01 Å². The lowest BCUT2D eigenvalue weighted by molar-refractivity contribution is -0.121. The molecule has 0 radical (unpaired) electrons. The molecule has 0 bridgehead atoms. The smallest absolute Gasteiger partial charge is 0.318 e. The number of ether oxygens (including phenoxy) is 2. The second kappa shape index (κ2) is 11.4. The van der Waals surface area contributed by atoms with E-state index in [0.717, 1.165) is 35.5 Å². The van der Waals surface area contributed by atoms with Crippen LogP contribution in [0.2, 0.25) is 0 Å². The summed E-state index contributed by atoms with van der Waals surface area (Å²) < 4.78 is 10.5. The molecule has 1 heterocycles. The number of aromatic nitrogens is 2. The molecule has 33 heavy (non-hydrogen) atoms. The summed E-state index contributed by atoms with van der Waals surface area (Å²) in [5, 5.41) is 3.37. The quantitative estimate of drug-likeness (QED) is 0.477. The van der Waals surface area contributed by atoms with Crippen molar-refractivity contribution in [3.8, 4) is 23.0 Å². The summed E-state index contributed by atoms with van der Waals surface area (Å²) in [6.45, 7) is 2.35. The van der Waals surface area contributed by atoms with Crippen LogP contribution >= 0.6 is 0 Å². The topological polar surface area (TPSA) is 76.6 Å². The molecule has 0 aliphatic heterocycles. The van der Waals surface area contributed by atoms with Gasteiger partial charge in [-0.05, 0) is 63.2 Å². The van der Waals surface area contributed by atoms with Gasteiger partial charge in [0.15, 0.2) is 0 Å². The van der Waals surface area contributed by atoms with Crippen molar-refractivity contribution in [2.24, 2.45) is 0 Å². The first-order chi connectivity index (χ1) is 15.9. The zero-order chi connectivity index (χ0) is 23.8. The molecule has 3 rings (SSSR count). The van der Waals surface area contributed by atoms with Crippen LogP contribution in [0.15, 0.2) is 54.6 Å². The van der Waals surface area contributed by atoms with Crippen LogP contribution in [0.5, 0.6) is 11.8 Å². The van der Waals surface area contributed by atoms with Crippen LogP contribution in [0.3, 0.4) is 0 Å². The Morgan fingerprint density at radius 1 is 1.00 bits per heavy atom. The van der Waals surface area contributed by atoms with Gasteiger partial charge in [0.2, 0.25) is 0 Å². The molecule has 1 unspecified atom stereocenters. The van der Waals surface area contributed by atoms with Gasteiger partial charge in [-0.25, -0.2) is 0 Å². The summed E-state index contributed by atoms with van der Waals surface area (Å²) in [6.07, 6.45) is 1.49. The van der Waals surface area contributed by atoms with E-state index in [1.165, 1.54) is 5.56 Å². The summed E-state index contributed by atoms with van der Waals surface area (Å²) in [5.41, 5.74) is 4.00. The lowest BCUT2D eigenvalue weighted by Crippen LogP contribution is -2.36. The highest BCUT2D eigenvalue weighted by Gasteiger charge is 2.17. The van der Waals surface area contributed by atoms with Gasteiger partial charge in [-0.1, -0.05) is 30.3 Å². The Bertz CT molecular complexity index is 1070. The number of methoxy groups -OCH3 is 2. The van der Waals surface area contributed by atoms with Gasteiger partial charge in [0.05, 0.1) is 26.0 Å². The number of benzene rings is 2. The zero-order valence-electron chi connectivity index (χ0n) is 20.0. The van der Waals surface area contributed by atoms with Crippen LogP contribution in [0.1, 0.15) is 18.1 Å². The largest absolute Gasteiger partial charge is 0.497 e. The lowest BCUT2D eigenvalue weighted by Gasteiger charge is -2.21. The van der Waals surface area contributed by atoms with E-state index in [4.69, 9.17) is 9.47 Å². The Morgan fingerprint density at radius 3 is 2.39 bits per heavy atom. The van der Waals surface area contributed by atoms with Crippen molar-refractivity contribution >= 4 is 11.6 Å². The Labute approximate surface area is 195 Å². The number of rotatable bonds is 11. The van der Waals surface area contributed by atoms with Crippen molar-refractivity contribution in [3.05, 3.63) is 65.7 Å². The molecule has 3 aromatic rings. The molecule has 0 amide bonds. The molecule has 0 saturated carbocycles. The first-order valence-corrected chi connectivity index (χ1v) is 11.0. The minimum Gasteiger partial charge on any atom is -0.497 e. The first-order valence-electron chi connectivity index (χ1n) is 11.0. The minimum absolute atomic E-state index is 0.150. The van der Waals surface area contributed by atoms with Crippen molar-refractivity contribution in [3.63, 3.8) is 0 Å². The third-order valence-electron chi connectivity index (χ3n) is 5.51. The number of carbonyl (C=O) groups excluding carboxylic acids is 1. The van der Waals surface area contributed by atoms with Crippen LogP contribution < -0.4 is 14.8 Å². The van der Waals surface area contributed by atoms with Crippen molar-refractivity contribution in [1.29, 1.82) is 0 Å². The zero-order valence-corrected chi connectivity index (χ0v) is 20.0. The van der Waals surface area contributed by atoms with Gasteiger partial charge in [0, 0.05) is 18.2 Å². The number of hydrogen-bond acceptors (Lipinski definition) is 7. The van der Waals surface area contributed by atoms with Crippen LogP contribution in [0.25, 0.3) is 11.3 Å². The summed E-state index contributed by atoms with van der Waals surface area (Å²) >= 11 is 0. The molecule has 0 saturated heterocycles. The fraction of sp³-hybridized carbons (Fsp3) is 0.346. The van der Waals surface area contributed by atoms with Gasteiger partial charge < -0.3 is 14.8 Å². The van der Waals surface area contributed by atoms with E-state index < -0.39 is 0 Å². The van der Waals surface area contributed by atoms with Gasteiger partial charge in [-0.3, -0.25) is 9.69 Å². The first kappa shape index (κ1) is 24.2. The molecule has 174 valence electrons. The van der Waals surface area contributed by atoms with E-state index in [1.807, 2.05) is 55.4 Å². The number of Topliss-reactive ketones (excluding diaryl/α,β-unsaturated/α-hetero) is 1. The molecular formula is C26H32N4O3. The van der Waals surface area contributed by atoms with Gasteiger partial charge in [-0.2, -0.15) is 9.97 Å². The van der Waals surface area contributed by atoms with Crippen molar-refractivity contribution in [2.45, 2.75) is 25.8 Å². The Kier molecular flexibility index (Phi) is 8.38. The number of anilines is 1. The average Bonchev–Trinajstić information content (AvgIpc) is 2.82. The number of hydrogen-bond donors (Lipinski definition) is 1. The molecule has 1 N–H and O–H groups in total. The van der Waals surface area contributed by atoms with E-state index >= 15 is 0 Å². The van der Waals surface area contributed by atoms with E-state index in [2.05, 4.69) is 33.5 Å². The van der Waals surface area contributed by atoms with E-state index in [9.17, 15) is 4.79 Å². The van der Waals surface area contributed by atoms with E-state index in [0.29, 0.717) is 18.2 Å². The molecule has 0 fully saturated rings. The van der Waals surface area contributed by atoms with Crippen LogP contribution in [0.4, 0.5) is 5.82 Å². The fourth-order valence-electron chi connectivity index (χ4n) is 3.65. The number of carbonyl (C=O) groups is 1. The SMILES string of the molecule is COc1ccc(CCNc2cc(-c3cccc(CC(C(C)=O)N(C)C)c3)nc(OC)n2)cc1. The highest BCUT2D eigenvalue weighted by atomic mass is 16.5. The summed E-state index contributed by atoms with van der Waals surface area (Å²) in [7, 11) is 7.08. The average molecular weight is 449 g/mol. The summed E-state index contributed by atoms with van der Waals surface area (Å²) in [4.78, 5) is 22.9. The highest BCUT2D eigenvalue weighted by Crippen LogP contribution is 2.24. The Hall–Kier alpha value is -3.45. The molecule has 0 aliphatic rings. The molecule has 7 heteroatoms. The number of likely N-dealkylation sites (N-methyl/N-ethyl adjacent to an activating group) is 1. The van der Waals surface area contributed by atoms with E-state index in [1.54, 1.807) is 21.1 Å². The molecule has 7 nitrogen and oxygen atoms in total. The van der Waals surface area contributed by atoms with Crippen molar-refractivity contribution in [2.75, 3.05) is 40.2 Å². The molecule has 0 aliphatic carbocycles. The second-order valence-electron chi connectivity index (χ2n) is 8.14. The third-order valence-corrected chi connectivity index (χ3v) is 5.51. The second-order valence-corrected chi connectivity index (χ2v) is 8.14. The summed E-state index contributed by atoms with van der Waals surface area (Å²) in [5.74, 6) is 1.70. The maximum atomic E-state index is 12.0. The lowest BCUT2D eigenvalue weighted by atomic mass is 9.99. The minimum atomic E-state index is -0.157. The predicted molar refractivity (Wildman–Crippen MR) is 131 cm³/mol. The standard InChI is InChI=1S/C26H32N4O3/c1-18(31)24(30(2)3)16-20-7-6-8-21(15-20)23-17-25(29-26(28-23)33-5)27-14-13-19-9-11-22(32-4)12-10-19/h6-12,15,17,24H,13-14,16H2,1-5H3,(H,27,28,29). The maximum Gasteiger partial charge on any atom is 0.318 e. The maximum absolute atomic E-state index is 12.0. The predicted octanol–water partition coefficient (Wildman–Crippen LogP) is 3.88. The Balaban J connectivity index is 1.75. The van der Waals surface area contributed by atoms with E-state index in [-0.39, 0.29) is 11.8 Å². The number of nitrogens with zero attached hydrogens (tertiary/aromatic N) is 3. The molecule has 2 aromatic carbocycles. The van der Waals surface area contributed by atoms with Crippen LogP contribution in [0, 0.1) is 0 Å². The van der Waals surface area contributed by atoms with Crippen LogP contribution in [-0.4, -0.2) is 61.6 Å². The van der Waals surface area contributed by atoms with Gasteiger partial charge in [0.25, 0.3) is 0 Å². The molecule has 1 atom stereocenters. The molecule has 0 spiro atoms. The Morgan fingerprint density at radius 2 is 1.76 bits per heavy atom. The molecular weight excluding hydrogens is 416 g/mol. The van der Waals surface area contributed by atoms with Crippen molar-refractivity contribution in [1.82, 2.24) is 14.9 Å². The number of ketones is 1. The van der Waals surface area contributed by atoms with Crippen molar-refractivity contribution < 1.29 is 14.3 Å². The number of nitrogens with one attached hydrogen (secondary N) is 1. The fourth-order valence-corrected chi connectivity index (χ4v) is 3.65.